The summed E-state index contributed by atoms with van der Waals surface area (Å²) in [5.41, 5.74) is 8.88. The number of nitrogens with zero attached hydrogens (tertiary/aromatic N) is 1. The fraction of sp³-hybridized carbons (Fsp3) is 0.364. The van der Waals surface area contributed by atoms with Crippen LogP contribution < -0.4 is 10.5 Å². The molecular weight excluding hydrogens is 392 g/mol. The van der Waals surface area contributed by atoms with Crippen LogP contribution in [0.25, 0.3) is 0 Å². The number of Topliss-reactive ketones (excluding diaryl/α,β-unsaturated/α-hetero) is 1. The Morgan fingerprint density at radius 2 is 1.93 bits per heavy atom. The number of halogens is 1. The van der Waals surface area contributed by atoms with Crippen LogP contribution >= 0.6 is 11.6 Å². The Morgan fingerprint density at radius 1 is 1.24 bits per heavy atom. The molecule has 0 radical (unpaired) electrons. The van der Waals surface area contributed by atoms with Crippen molar-refractivity contribution in [2.75, 3.05) is 19.7 Å². The number of amides is 1. The molecular formula is C22H25ClN2O4. The van der Waals surface area contributed by atoms with Gasteiger partial charge < -0.3 is 20.1 Å². The lowest BCUT2D eigenvalue weighted by Gasteiger charge is -2.40. The number of ether oxygens (including phenoxy) is 2. The molecule has 1 aliphatic rings. The Morgan fingerprint density at radius 3 is 2.52 bits per heavy atom. The molecule has 1 saturated heterocycles. The van der Waals surface area contributed by atoms with E-state index < -0.39 is 0 Å². The Kier molecular flexibility index (Phi) is 6.77. The van der Waals surface area contributed by atoms with E-state index in [1.807, 2.05) is 37.3 Å². The first-order valence-corrected chi connectivity index (χ1v) is 9.98. The molecule has 1 amide bonds. The molecule has 0 unspecified atom stereocenters. The zero-order valence-electron chi connectivity index (χ0n) is 16.6. The van der Waals surface area contributed by atoms with Crippen molar-refractivity contribution in [1.29, 1.82) is 0 Å². The van der Waals surface area contributed by atoms with E-state index in [9.17, 15) is 9.59 Å². The smallest absolute Gasteiger partial charge is 0.410 e. The fourth-order valence-electron chi connectivity index (χ4n) is 3.51. The number of nitrogens with two attached hydrogens (primary N) is 1. The highest BCUT2D eigenvalue weighted by Gasteiger charge is 2.37. The highest BCUT2D eigenvalue weighted by atomic mass is 35.5. The highest BCUT2D eigenvalue weighted by Crippen LogP contribution is 2.42. The number of benzene rings is 2. The minimum Gasteiger partial charge on any atom is -0.493 e. The van der Waals surface area contributed by atoms with Crippen molar-refractivity contribution in [3.8, 4) is 5.75 Å². The molecule has 0 saturated carbocycles. The van der Waals surface area contributed by atoms with Crippen molar-refractivity contribution < 1.29 is 19.1 Å². The second kappa shape index (κ2) is 9.29. The van der Waals surface area contributed by atoms with Crippen LogP contribution in [-0.4, -0.2) is 36.5 Å². The van der Waals surface area contributed by atoms with E-state index in [0.717, 1.165) is 16.7 Å². The molecule has 0 atom stereocenters. The Bertz CT molecular complexity index is 895. The van der Waals surface area contributed by atoms with Crippen molar-refractivity contribution in [3.63, 3.8) is 0 Å². The largest absolute Gasteiger partial charge is 0.493 e. The number of rotatable bonds is 7. The molecule has 0 spiro atoms. The van der Waals surface area contributed by atoms with Crippen LogP contribution in [0.3, 0.4) is 0 Å². The van der Waals surface area contributed by atoms with Crippen LogP contribution in [0.2, 0.25) is 5.02 Å². The lowest BCUT2D eigenvalue weighted by molar-refractivity contribution is 0.0656. The number of hydrogen-bond acceptors (Lipinski definition) is 5. The van der Waals surface area contributed by atoms with E-state index in [1.54, 1.807) is 11.0 Å². The number of carbonyl (C=O) groups excluding carboxylic acids is 2. The highest BCUT2D eigenvalue weighted by molar-refractivity contribution is 6.32. The predicted octanol–water partition coefficient (Wildman–Crippen LogP) is 4.14. The van der Waals surface area contributed by atoms with E-state index in [-0.39, 0.29) is 30.9 Å². The van der Waals surface area contributed by atoms with Crippen LogP contribution in [0.4, 0.5) is 4.79 Å². The summed E-state index contributed by atoms with van der Waals surface area (Å²) in [5.74, 6) is 0.377. The average molecular weight is 417 g/mol. The van der Waals surface area contributed by atoms with Gasteiger partial charge in [0.25, 0.3) is 0 Å². The maximum absolute atomic E-state index is 12.4. The first-order valence-electron chi connectivity index (χ1n) is 9.60. The summed E-state index contributed by atoms with van der Waals surface area (Å²) in [6.45, 7) is 5.11. The minimum absolute atomic E-state index is 0.0174. The number of hydrogen-bond donors (Lipinski definition) is 1. The van der Waals surface area contributed by atoms with Crippen molar-refractivity contribution in [3.05, 3.63) is 63.7 Å². The maximum atomic E-state index is 12.4. The van der Waals surface area contributed by atoms with E-state index in [4.69, 9.17) is 26.8 Å². The Labute approximate surface area is 175 Å². The van der Waals surface area contributed by atoms with Gasteiger partial charge in [0.15, 0.2) is 5.78 Å². The van der Waals surface area contributed by atoms with Crippen LogP contribution in [0, 0.1) is 0 Å². The summed E-state index contributed by atoms with van der Waals surface area (Å²) >= 11 is 6.40. The molecule has 3 rings (SSSR count). The van der Waals surface area contributed by atoms with Gasteiger partial charge in [0, 0.05) is 36.1 Å². The monoisotopic (exact) mass is 416 g/mol. The molecule has 2 aromatic carbocycles. The summed E-state index contributed by atoms with van der Waals surface area (Å²) < 4.78 is 11.2. The molecule has 2 N–H and O–H groups in total. The van der Waals surface area contributed by atoms with Gasteiger partial charge in [0.2, 0.25) is 0 Å². The molecule has 0 bridgehead atoms. The van der Waals surface area contributed by atoms with E-state index >= 15 is 0 Å². The van der Waals surface area contributed by atoms with E-state index in [0.29, 0.717) is 36.0 Å². The second-order valence-corrected chi connectivity index (χ2v) is 7.37. The number of carbonyl (C=O) groups is 2. The molecule has 0 aliphatic carbocycles. The standard InChI is InChI=1S/C22H25ClN2O4/c1-3-28-21-17(14(2)26)9-19(23)18(10-24)20(21)16-11-25(12-16)22(27)29-13-15-7-5-4-6-8-15/h4-9,16H,3,10-13,24H2,1-2H3. The summed E-state index contributed by atoms with van der Waals surface area (Å²) in [5, 5.41) is 0.446. The average Bonchev–Trinajstić information content (AvgIpc) is 2.67. The third kappa shape index (κ3) is 4.54. The van der Waals surface area contributed by atoms with Crippen LogP contribution in [0.1, 0.15) is 46.8 Å². The maximum Gasteiger partial charge on any atom is 0.410 e. The summed E-state index contributed by atoms with van der Waals surface area (Å²) in [4.78, 5) is 26.1. The molecule has 29 heavy (non-hydrogen) atoms. The number of likely N-dealkylation sites (tertiary alicyclic amines) is 1. The third-order valence-electron chi connectivity index (χ3n) is 5.00. The fourth-order valence-corrected chi connectivity index (χ4v) is 3.80. The first-order chi connectivity index (χ1) is 14.0. The van der Waals surface area contributed by atoms with Gasteiger partial charge in [-0.2, -0.15) is 0 Å². The summed E-state index contributed by atoms with van der Waals surface area (Å²) in [7, 11) is 0. The van der Waals surface area contributed by atoms with Crippen LogP contribution in [0.5, 0.6) is 5.75 Å². The van der Waals surface area contributed by atoms with Gasteiger partial charge in [-0.3, -0.25) is 4.79 Å². The molecule has 0 aromatic heterocycles. The zero-order valence-corrected chi connectivity index (χ0v) is 17.4. The van der Waals surface area contributed by atoms with Gasteiger partial charge in [-0.05, 0) is 31.0 Å². The topological polar surface area (TPSA) is 81.9 Å². The quantitative estimate of drug-likeness (QED) is 0.686. The summed E-state index contributed by atoms with van der Waals surface area (Å²) in [6, 6.07) is 11.1. The zero-order chi connectivity index (χ0) is 21.0. The molecule has 6 nitrogen and oxygen atoms in total. The van der Waals surface area contributed by atoms with Gasteiger partial charge in [-0.1, -0.05) is 41.9 Å². The van der Waals surface area contributed by atoms with Gasteiger partial charge >= 0.3 is 6.09 Å². The SMILES string of the molecule is CCOc1c(C(C)=O)cc(Cl)c(CN)c1C1CN(C(=O)OCc2ccccc2)C1. The van der Waals surface area contributed by atoms with E-state index in [1.165, 1.54) is 6.92 Å². The van der Waals surface area contributed by atoms with Crippen molar-refractivity contribution in [2.24, 2.45) is 5.73 Å². The van der Waals surface area contributed by atoms with Gasteiger partial charge in [0.05, 0.1) is 12.2 Å². The molecule has 2 aromatic rings. The first kappa shape index (κ1) is 21.1. The van der Waals surface area contributed by atoms with E-state index in [2.05, 4.69) is 0 Å². The van der Waals surface area contributed by atoms with Crippen LogP contribution in [0.15, 0.2) is 36.4 Å². The molecule has 1 fully saturated rings. The molecule has 1 heterocycles. The third-order valence-corrected chi connectivity index (χ3v) is 5.34. The lowest BCUT2D eigenvalue weighted by atomic mass is 9.85. The van der Waals surface area contributed by atoms with Gasteiger partial charge in [-0.25, -0.2) is 4.79 Å². The normalized spacial score (nSPS) is 13.7. The lowest BCUT2D eigenvalue weighted by Crippen LogP contribution is -2.49. The Balaban J connectivity index is 1.76. The second-order valence-electron chi connectivity index (χ2n) is 6.96. The van der Waals surface area contributed by atoms with Crippen molar-refractivity contribution in [1.82, 2.24) is 4.90 Å². The number of ketones is 1. The molecule has 7 heteroatoms. The minimum atomic E-state index is -0.369. The summed E-state index contributed by atoms with van der Waals surface area (Å²) in [6.07, 6.45) is -0.369. The van der Waals surface area contributed by atoms with Crippen molar-refractivity contribution >= 4 is 23.5 Å². The molecule has 1 aliphatic heterocycles. The van der Waals surface area contributed by atoms with Gasteiger partial charge in [-0.15, -0.1) is 0 Å². The van der Waals surface area contributed by atoms with Crippen LogP contribution in [-0.2, 0) is 17.9 Å². The Hall–Kier alpha value is -2.57. The molecule has 154 valence electrons. The van der Waals surface area contributed by atoms with Crippen molar-refractivity contribution in [2.45, 2.75) is 32.9 Å². The van der Waals surface area contributed by atoms with Gasteiger partial charge in [0.1, 0.15) is 12.4 Å². The predicted molar refractivity (Wildman–Crippen MR) is 111 cm³/mol.